The van der Waals surface area contributed by atoms with Crippen LogP contribution in [-0.2, 0) is 11.2 Å². The Morgan fingerprint density at radius 3 is 2.55 bits per heavy atom. The summed E-state index contributed by atoms with van der Waals surface area (Å²) in [6.07, 6.45) is 3.15. The molecule has 1 fully saturated rings. The molecule has 1 aromatic carbocycles. The molecule has 2 aromatic heterocycles. The van der Waals surface area contributed by atoms with Gasteiger partial charge in [-0.1, -0.05) is 0 Å². The third kappa shape index (κ3) is 5.08. The number of aryl methyl sites for hydroxylation is 3. The number of ether oxygens (including phenoxy) is 1. The van der Waals surface area contributed by atoms with E-state index >= 15 is 0 Å². The predicted molar refractivity (Wildman–Crippen MR) is 123 cm³/mol. The maximum Gasteiger partial charge on any atom is 0.229 e. The van der Waals surface area contributed by atoms with Crippen molar-refractivity contribution in [2.75, 3.05) is 31.6 Å². The van der Waals surface area contributed by atoms with Gasteiger partial charge in [0, 0.05) is 39.6 Å². The lowest BCUT2D eigenvalue weighted by Crippen LogP contribution is -2.39. The Labute approximate surface area is 186 Å². The van der Waals surface area contributed by atoms with Gasteiger partial charge >= 0.3 is 0 Å². The lowest BCUT2D eigenvalue weighted by atomic mass is 10.0. The molecule has 0 spiro atoms. The van der Waals surface area contributed by atoms with Crippen LogP contribution in [0.15, 0.2) is 30.0 Å². The molecule has 1 saturated heterocycles. The fourth-order valence-corrected chi connectivity index (χ4v) is 4.42. The van der Waals surface area contributed by atoms with Gasteiger partial charge in [-0.05, 0) is 58.5 Å². The average Bonchev–Trinajstić information content (AvgIpc) is 3.09. The first-order valence-electron chi connectivity index (χ1n) is 10.5. The van der Waals surface area contributed by atoms with E-state index in [1.165, 1.54) is 17.8 Å². The molecule has 1 aliphatic rings. The topological polar surface area (TPSA) is 80.2 Å². The van der Waals surface area contributed by atoms with Crippen molar-refractivity contribution >= 4 is 22.9 Å². The monoisotopic (exact) mass is 437 g/mol. The fraction of sp³-hybridized carbons (Fsp3) is 0.391. The molecule has 3 heterocycles. The first-order valence-corrected chi connectivity index (χ1v) is 11.4. The summed E-state index contributed by atoms with van der Waals surface area (Å²) < 4.78 is 6.15. The molecule has 0 aliphatic carbocycles. The van der Waals surface area contributed by atoms with Gasteiger partial charge in [-0.25, -0.2) is 15.0 Å². The lowest BCUT2D eigenvalue weighted by Gasteiger charge is -2.30. The Morgan fingerprint density at radius 2 is 1.90 bits per heavy atom. The van der Waals surface area contributed by atoms with Crippen molar-refractivity contribution in [1.29, 1.82) is 0 Å². The summed E-state index contributed by atoms with van der Waals surface area (Å²) >= 11 is 1.50. The fourth-order valence-electron chi connectivity index (χ4n) is 3.65. The minimum Gasteiger partial charge on any atom is -0.492 e. The largest absolute Gasteiger partial charge is 0.492 e. The number of rotatable bonds is 8. The SMILES string of the molecule is Cc1ncsc1CC(=O)Nc1ccc(OCCN2CCC2)c(-c2c(C)ncnc2C)c1. The highest BCUT2D eigenvalue weighted by atomic mass is 32.1. The van der Waals surface area contributed by atoms with Crippen LogP contribution in [0.3, 0.4) is 0 Å². The zero-order valence-electron chi connectivity index (χ0n) is 18.1. The molecule has 4 rings (SSSR count). The minimum atomic E-state index is -0.0671. The molecule has 162 valence electrons. The van der Waals surface area contributed by atoms with Gasteiger partial charge < -0.3 is 10.1 Å². The Bertz CT molecular complexity index is 1060. The van der Waals surface area contributed by atoms with E-state index in [9.17, 15) is 4.79 Å². The molecule has 1 amide bonds. The van der Waals surface area contributed by atoms with Crippen LogP contribution < -0.4 is 10.1 Å². The van der Waals surface area contributed by atoms with Gasteiger partial charge in [0.05, 0.1) is 17.6 Å². The van der Waals surface area contributed by atoms with Crippen LogP contribution in [0.25, 0.3) is 11.1 Å². The maximum absolute atomic E-state index is 12.6. The van der Waals surface area contributed by atoms with Gasteiger partial charge in [0.25, 0.3) is 0 Å². The average molecular weight is 438 g/mol. The number of nitrogens with zero attached hydrogens (tertiary/aromatic N) is 4. The summed E-state index contributed by atoms with van der Waals surface area (Å²) in [6, 6.07) is 5.76. The van der Waals surface area contributed by atoms with E-state index in [-0.39, 0.29) is 5.91 Å². The number of aromatic nitrogens is 3. The van der Waals surface area contributed by atoms with Crippen molar-refractivity contribution in [2.24, 2.45) is 0 Å². The first kappa shape index (κ1) is 21.4. The normalized spacial score (nSPS) is 13.6. The molecule has 8 heteroatoms. The van der Waals surface area contributed by atoms with E-state index in [0.717, 1.165) is 64.2 Å². The van der Waals surface area contributed by atoms with Crippen LogP contribution in [0, 0.1) is 20.8 Å². The summed E-state index contributed by atoms with van der Waals surface area (Å²) in [6.45, 7) is 9.67. The number of amides is 1. The Balaban J connectivity index is 1.57. The zero-order chi connectivity index (χ0) is 21.8. The number of carbonyl (C=O) groups is 1. The van der Waals surface area contributed by atoms with Gasteiger partial charge in [-0.3, -0.25) is 9.69 Å². The molecule has 1 N–H and O–H groups in total. The van der Waals surface area contributed by atoms with Crippen molar-refractivity contribution in [3.8, 4) is 16.9 Å². The molecule has 0 unspecified atom stereocenters. The number of anilines is 1. The van der Waals surface area contributed by atoms with Gasteiger partial charge in [0.1, 0.15) is 18.7 Å². The van der Waals surface area contributed by atoms with E-state index in [4.69, 9.17) is 4.74 Å². The molecular weight excluding hydrogens is 410 g/mol. The number of benzene rings is 1. The van der Waals surface area contributed by atoms with Crippen LogP contribution >= 0.6 is 11.3 Å². The highest BCUT2D eigenvalue weighted by Gasteiger charge is 2.17. The van der Waals surface area contributed by atoms with Crippen molar-refractivity contribution in [1.82, 2.24) is 19.9 Å². The molecule has 0 atom stereocenters. The standard InChI is InChI=1S/C23H27N5O2S/c1-15-21(31-14-26-15)12-22(29)27-18-5-6-20(30-10-9-28-7-4-8-28)19(11-18)23-16(2)24-13-25-17(23)3/h5-6,11,13-14H,4,7-10,12H2,1-3H3,(H,27,29). The molecule has 31 heavy (non-hydrogen) atoms. The minimum absolute atomic E-state index is 0.0671. The highest BCUT2D eigenvalue weighted by Crippen LogP contribution is 2.35. The van der Waals surface area contributed by atoms with Crippen molar-refractivity contribution in [3.05, 3.63) is 52.0 Å². The van der Waals surface area contributed by atoms with E-state index < -0.39 is 0 Å². The van der Waals surface area contributed by atoms with Crippen LogP contribution in [0.4, 0.5) is 5.69 Å². The third-order valence-electron chi connectivity index (χ3n) is 5.54. The predicted octanol–water partition coefficient (Wildman–Crippen LogP) is 3.79. The summed E-state index contributed by atoms with van der Waals surface area (Å²) in [7, 11) is 0. The molecule has 0 radical (unpaired) electrons. The van der Waals surface area contributed by atoms with Crippen LogP contribution in [0.1, 0.15) is 28.4 Å². The molecule has 0 saturated carbocycles. The van der Waals surface area contributed by atoms with Crippen LogP contribution in [0.2, 0.25) is 0 Å². The second kappa shape index (κ2) is 9.53. The summed E-state index contributed by atoms with van der Waals surface area (Å²) in [5.41, 5.74) is 6.98. The van der Waals surface area contributed by atoms with E-state index in [0.29, 0.717) is 13.0 Å². The zero-order valence-corrected chi connectivity index (χ0v) is 19.0. The molecule has 3 aromatic rings. The van der Waals surface area contributed by atoms with Crippen LogP contribution in [-0.4, -0.2) is 52.0 Å². The number of nitrogens with one attached hydrogen (secondary N) is 1. The first-order chi connectivity index (χ1) is 15.0. The van der Waals surface area contributed by atoms with Crippen molar-refractivity contribution < 1.29 is 9.53 Å². The number of likely N-dealkylation sites (tertiary alicyclic amines) is 1. The molecule has 1 aliphatic heterocycles. The van der Waals surface area contributed by atoms with Gasteiger partial charge in [-0.15, -0.1) is 11.3 Å². The second-order valence-electron chi connectivity index (χ2n) is 7.76. The highest BCUT2D eigenvalue weighted by molar-refractivity contribution is 7.09. The number of hydrogen-bond donors (Lipinski definition) is 1. The Hall–Kier alpha value is -2.84. The molecule has 7 nitrogen and oxygen atoms in total. The summed E-state index contributed by atoms with van der Waals surface area (Å²) in [5, 5.41) is 3.01. The summed E-state index contributed by atoms with van der Waals surface area (Å²) in [5.74, 6) is 0.709. The summed E-state index contributed by atoms with van der Waals surface area (Å²) in [4.78, 5) is 28.9. The smallest absolute Gasteiger partial charge is 0.229 e. The Kier molecular flexibility index (Phi) is 6.58. The Morgan fingerprint density at radius 1 is 1.13 bits per heavy atom. The number of thiazole rings is 1. The van der Waals surface area contributed by atoms with Crippen molar-refractivity contribution in [2.45, 2.75) is 33.6 Å². The number of carbonyl (C=O) groups excluding carboxylic acids is 1. The second-order valence-corrected chi connectivity index (χ2v) is 8.70. The van der Waals surface area contributed by atoms with Gasteiger partial charge in [-0.2, -0.15) is 0 Å². The maximum atomic E-state index is 12.6. The van der Waals surface area contributed by atoms with Crippen LogP contribution in [0.5, 0.6) is 5.75 Å². The van der Waals surface area contributed by atoms with Gasteiger partial charge in [0.2, 0.25) is 5.91 Å². The van der Waals surface area contributed by atoms with E-state index in [2.05, 4.69) is 25.2 Å². The lowest BCUT2D eigenvalue weighted by molar-refractivity contribution is -0.115. The molecular formula is C23H27N5O2S. The van der Waals surface area contributed by atoms with E-state index in [1.54, 1.807) is 11.8 Å². The molecule has 0 bridgehead atoms. The van der Waals surface area contributed by atoms with Crippen molar-refractivity contribution in [3.63, 3.8) is 0 Å². The quantitative estimate of drug-likeness (QED) is 0.578. The number of hydrogen-bond acceptors (Lipinski definition) is 7. The third-order valence-corrected chi connectivity index (χ3v) is 6.47. The van der Waals surface area contributed by atoms with E-state index in [1.807, 2.05) is 39.0 Å². The van der Waals surface area contributed by atoms with Gasteiger partial charge in [0.15, 0.2) is 0 Å².